The summed E-state index contributed by atoms with van der Waals surface area (Å²) in [5, 5.41) is 11.5. The topological polar surface area (TPSA) is 70.6 Å². The minimum atomic E-state index is -0.164. The molecule has 5 heteroatoms. The number of anilines is 1. The van der Waals surface area contributed by atoms with Gasteiger partial charge in [-0.3, -0.25) is 15.5 Å². The zero-order valence-electron chi connectivity index (χ0n) is 9.91. The average molecular weight is 236 g/mol. The molecule has 0 radical (unpaired) electrons. The molecule has 17 heavy (non-hydrogen) atoms. The standard InChI is InChI=1S/C12H16N2O3/c1-4-17-12-6-5-10(13-9(3)15)7-11(12)8(2)14-16/h5-7,14,16H,2,4H2,1,3H3,(H,13,15). The second kappa shape index (κ2) is 5.91. The lowest BCUT2D eigenvalue weighted by molar-refractivity contribution is -0.114. The first kappa shape index (κ1) is 13.1. The van der Waals surface area contributed by atoms with Crippen LogP contribution in [-0.4, -0.2) is 17.7 Å². The third-order valence-corrected chi connectivity index (χ3v) is 2.06. The van der Waals surface area contributed by atoms with Crippen LogP contribution < -0.4 is 15.5 Å². The molecule has 0 aliphatic heterocycles. The Hall–Kier alpha value is -2.01. The Kier molecular flexibility index (Phi) is 4.54. The predicted molar refractivity (Wildman–Crippen MR) is 65.9 cm³/mol. The van der Waals surface area contributed by atoms with Crippen molar-refractivity contribution in [2.45, 2.75) is 13.8 Å². The second-order valence-electron chi connectivity index (χ2n) is 3.42. The maximum atomic E-state index is 10.9. The number of nitrogens with one attached hydrogen (secondary N) is 2. The van der Waals surface area contributed by atoms with Crippen LogP contribution in [0.2, 0.25) is 0 Å². The van der Waals surface area contributed by atoms with Gasteiger partial charge in [0.05, 0.1) is 12.3 Å². The molecule has 0 fully saturated rings. The fourth-order valence-corrected chi connectivity index (χ4v) is 1.39. The molecule has 1 amide bonds. The Morgan fingerprint density at radius 2 is 2.24 bits per heavy atom. The Bertz CT molecular complexity index is 430. The molecule has 1 rings (SSSR count). The predicted octanol–water partition coefficient (Wildman–Crippen LogP) is 1.99. The minimum Gasteiger partial charge on any atom is -0.493 e. The van der Waals surface area contributed by atoms with Crippen LogP contribution in [0.4, 0.5) is 5.69 Å². The zero-order chi connectivity index (χ0) is 12.8. The van der Waals surface area contributed by atoms with Gasteiger partial charge in [-0.1, -0.05) is 6.58 Å². The summed E-state index contributed by atoms with van der Waals surface area (Å²) in [6.07, 6.45) is 0. The maximum Gasteiger partial charge on any atom is 0.221 e. The molecule has 0 spiro atoms. The van der Waals surface area contributed by atoms with Crippen molar-refractivity contribution in [3.63, 3.8) is 0 Å². The molecule has 0 aliphatic carbocycles. The van der Waals surface area contributed by atoms with Crippen LogP contribution in [0.5, 0.6) is 5.75 Å². The van der Waals surface area contributed by atoms with Crippen molar-refractivity contribution >= 4 is 17.3 Å². The number of carbonyl (C=O) groups is 1. The van der Waals surface area contributed by atoms with E-state index >= 15 is 0 Å². The monoisotopic (exact) mass is 236 g/mol. The van der Waals surface area contributed by atoms with E-state index in [0.717, 1.165) is 0 Å². The Morgan fingerprint density at radius 3 is 2.76 bits per heavy atom. The van der Waals surface area contributed by atoms with Crippen molar-refractivity contribution in [3.05, 3.63) is 30.3 Å². The molecule has 0 aromatic heterocycles. The van der Waals surface area contributed by atoms with Gasteiger partial charge < -0.3 is 10.1 Å². The lowest BCUT2D eigenvalue weighted by atomic mass is 10.1. The smallest absolute Gasteiger partial charge is 0.221 e. The summed E-state index contributed by atoms with van der Waals surface area (Å²) in [7, 11) is 0. The van der Waals surface area contributed by atoms with Gasteiger partial charge in [0.2, 0.25) is 5.91 Å². The summed E-state index contributed by atoms with van der Waals surface area (Å²) in [5.74, 6) is 0.427. The fourth-order valence-electron chi connectivity index (χ4n) is 1.39. The first-order valence-electron chi connectivity index (χ1n) is 5.22. The summed E-state index contributed by atoms with van der Waals surface area (Å²) < 4.78 is 5.40. The Labute approximate surface area is 100 Å². The van der Waals surface area contributed by atoms with E-state index < -0.39 is 0 Å². The highest BCUT2D eigenvalue weighted by atomic mass is 16.5. The van der Waals surface area contributed by atoms with E-state index in [1.54, 1.807) is 18.2 Å². The van der Waals surface area contributed by atoms with Gasteiger partial charge in [-0.05, 0) is 25.1 Å². The Balaban J connectivity index is 3.09. The number of hydroxylamine groups is 1. The van der Waals surface area contributed by atoms with Crippen molar-refractivity contribution in [1.82, 2.24) is 5.48 Å². The highest BCUT2D eigenvalue weighted by Crippen LogP contribution is 2.27. The van der Waals surface area contributed by atoms with Crippen LogP contribution >= 0.6 is 0 Å². The lowest BCUT2D eigenvalue weighted by Gasteiger charge is -2.13. The molecule has 5 nitrogen and oxygen atoms in total. The minimum absolute atomic E-state index is 0.164. The van der Waals surface area contributed by atoms with Crippen LogP contribution in [-0.2, 0) is 4.79 Å². The van der Waals surface area contributed by atoms with Gasteiger partial charge >= 0.3 is 0 Å². The molecule has 1 aromatic carbocycles. The van der Waals surface area contributed by atoms with Gasteiger partial charge in [0.25, 0.3) is 0 Å². The molecule has 3 N–H and O–H groups in total. The van der Waals surface area contributed by atoms with Gasteiger partial charge in [-0.25, -0.2) is 0 Å². The highest BCUT2D eigenvalue weighted by molar-refractivity contribution is 5.89. The van der Waals surface area contributed by atoms with Gasteiger partial charge in [0.1, 0.15) is 5.75 Å². The van der Waals surface area contributed by atoms with Crippen molar-refractivity contribution in [3.8, 4) is 5.75 Å². The molecule has 0 saturated heterocycles. The number of benzene rings is 1. The van der Waals surface area contributed by atoms with Gasteiger partial charge in [0, 0.05) is 18.2 Å². The largest absolute Gasteiger partial charge is 0.493 e. The molecule has 0 atom stereocenters. The van der Waals surface area contributed by atoms with Gasteiger partial charge in [0.15, 0.2) is 0 Å². The molecule has 0 heterocycles. The first-order valence-corrected chi connectivity index (χ1v) is 5.22. The quantitative estimate of drug-likeness (QED) is 0.684. The van der Waals surface area contributed by atoms with E-state index in [4.69, 9.17) is 9.94 Å². The lowest BCUT2D eigenvalue weighted by Crippen LogP contribution is -2.09. The number of carbonyl (C=O) groups excluding carboxylic acids is 1. The summed E-state index contributed by atoms with van der Waals surface area (Å²) >= 11 is 0. The van der Waals surface area contributed by atoms with Gasteiger partial charge in [-0.15, -0.1) is 0 Å². The summed E-state index contributed by atoms with van der Waals surface area (Å²) in [5.41, 5.74) is 3.50. The molecule has 0 bridgehead atoms. The number of hydrogen-bond donors (Lipinski definition) is 3. The maximum absolute atomic E-state index is 10.9. The SMILES string of the molecule is C=C(NO)c1cc(NC(C)=O)ccc1OCC. The van der Waals surface area contributed by atoms with E-state index in [9.17, 15) is 4.79 Å². The van der Waals surface area contributed by atoms with Crippen LogP contribution in [0.1, 0.15) is 19.4 Å². The molecule has 0 unspecified atom stereocenters. The van der Waals surface area contributed by atoms with Crippen LogP contribution in [0.15, 0.2) is 24.8 Å². The summed E-state index contributed by atoms with van der Waals surface area (Å²) in [6, 6.07) is 5.12. The van der Waals surface area contributed by atoms with E-state index in [0.29, 0.717) is 29.3 Å². The van der Waals surface area contributed by atoms with Crippen molar-refractivity contribution < 1.29 is 14.7 Å². The van der Waals surface area contributed by atoms with Crippen LogP contribution in [0, 0.1) is 0 Å². The van der Waals surface area contributed by atoms with E-state index in [1.807, 2.05) is 12.4 Å². The molecular formula is C12H16N2O3. The van der Waals surface area contributed by atoms with Crippen LogP contribution in [0.3, 0.4) is 0 Å². The average Bonchev–Trinajstić information content (AvgIpc) is 2.29. The fraction of sp³-hybridized carbons (Fsp3) is 0.250. The van der Waals surface area contributed by atoms with Crippen molar-refractivity contribution in [2.75, 3.05) is 11.9 Å². The Morgan fingerprint density at radius 1 is 1.53 bits per heavy atom. The number of rotatable bonds is 5. The molecule has 0 saturated carbocycles. The van der Waals surface area contributed by atoms with E-state index in [2.05, 4.69) is 11.9 Å². The summed E-state index contributed by atoms with van der Waals surface area (Å²) in [4.78, 5) is 10.9. The van der Waals surface area contributed by atoms with Crippen molar-refractivity contribution in [2.24, 2.45) is 0 Å². The first-order chi connectivity index (χ1) is 8.08. The molecule has 1 aromatic rings. The zero-order valence-corrected chi connectivity index (χ0v) is 9.91. The number of ether oxygens (including phenoxy) is 1. The molecule has 0 aliphatic rings. The third-order valence-electron chi connectivity index (χ3n) is 2.06. The third kappa shape index (κ3) is 3.49. The van der Waals surface area contributed by atoms with Gasteiger partial charge in [-0.2, -0.15) is 0 Å². The van der Waals surface area contributed by atoms with E-state index in [-0.39, 0.29) is 5.91 Å². The van der Waals surface area contributed by atoms with E-state index in [1.165, 1.54) is 6.92 Å². The summed E-state index contributed by atoms with van der Waals surface area (Å²) in [6.45, 7) is 7.45. The molecule has 92 valence electrons. The van der Waals surface area contributed by atoms with Crippen molar-refractivity contribution in [1.29, 1.82) is 0 Å². The molecular weight excluding hydrogens is 220 g/mol. The van der Waals surface area contributed by atoms with Crippen LogP contribution in [0.25, 0.3) is 5.70 Å². The second-order valence-corrected chi connectivity index (χ2v) is 3.42. The highest BCUT2D eigenvalue weighted by Gasteiger charge is 2.08. The number of hydrogen-bond acceptors (Lipinski definition) is 4. The number of amides is 1. The normalized spacial score (nSPS) is 9.59.